The Bertz CT molecular complexity index is 773. The Labute approximate surface area is 141 Å². The van der Waals surface area contributed by atoms with Gasteiger partial charge in [-0.15, -0.1) is 0 Å². The molecule has 0 spiro atoms. The fourth-order valence-corrected chi connectivity index (χ4v) is 2.65. The minimum atomic E-state index is -0.530. The van der Waals surface area contributed by atoms with Gasteiger partial charge in [-0.25, -0.2) is 14.8 Å². The molecule has 1 aliphatic rings. The number of hydrogen-bond donors (Lipinski definition) is 0. The number of imidazole rings is 1. The molecule has 2 aromatic rings. The van der Waals surface area contributed by atoms with Crippen LogP contribution < -0.4 is 0 Å². The maximum absolute atomic E-state index is 12.5. The van der Waals surface area contributed by atoms with Gasteiger partial charge in [-0.05, 0) is 39.8 Å². The summed E-state index contributed by atoms with van der Waals surface area (Å²) in [6.07, 6.45) is 7.16. The van der Waals surface area contributed by atoms with E-state index in [4.69, 9.17) is 4.74 Å². The van der Waals surface area contributed by atoms with Crippen molar-refractivity contribution in [1.82, 2.24) is 19.4 Å². The van der Waals surface area contributed by atoms with Crippen molar-refractivity contribution in [3.05, 3.63) is 54.3 Å². The van der Waals surface area contributed by atoms with E-state index in [0.29, 0.717) is 6.54 Å². The highest BCUT2D eigenvalue weighted by molar-refractivity contribution is 5.70. The summed E-state index contributed by atoms with van der Waals surface area (Å²) in [6, 6.07) is 5.56. The standard InChI is InChI=1S/C18H22N4O2/c1-13-7-5-9-15(20-13)22-12-10-19-16(22)14-8-6-11-21(14)17(23)24-18(2,3)4/h5-10,12,14H,11H2,1-4H3/t14-/m0/s1. The number of nitrogens with zero attached hydrogens (tertiary/aromatic N) is 4. The average molecular weight is 326 g/mol. The lowest BCUT2D eigenvalue weighted by atomic mass is 10.2. The molecule has 0 fully saturated rings. The van der Waals surface area contributed by atoms with E-state index < -0.39 is 5.60 Å². The molecule has 0 aliphatic carbocycles. The molecule has 6 nitrogen and oxygen atoms in total. The van der Waals surface area contributed by atoms with Crippen LogP contribution in [-0.4, -0.2) is 37.7 Å². The van der Waals surface area contributed by atoms with Crippen LogP contribution in [0.3, 0.4) is 0 Å². The summed E-state index contributed by atoms with van der Waals surface area (Å²) in [6.45, 7) is 8.04. The number of pyridine rings is 1. The highest BCUT2D eigenvalue weighted by Crippen LogP contribution is 2.28. The van der Waals surface area contributed by atoms with Crippen molar-refractivity contribution < 1.29 is 9.53 Å². The quantitative estimate of drug-likeness (QED) is 0.793. The highest BCUT2D eigenvalue weighted by atomic mass is 16.6. The lowest BCUT2D eigenvalue weighted by Gasteiger charge is -2.28. The van der Waals surface area contributed by atoms with Crippen LogP contribution >= 0.6 is 0 Å². The lowest BCUT2D eigenvalue weighted by molar-refractivity contribution is 0.0234. The molecule has 0 unspecified atom stereocenters. The Morgan fingerprint density at radius 2 is 2.12 bits per heavy atom. The second kappa shape index (κ2) is 6.11. The second-order valence-electron chi connectivity index (χ2n) is 6.80. The van der Waals surface area contributed by atoms with Gasteiger partial charge < -0.3 is 4.74 Å². The number of aryl methyl sites for hydroxylation is 1. The lowest BCUT2D eigenvalue weighted by Crippen LogP contribution is -2.37. The predicted octanol–water partition coefficient (Wildman–Crippen LogP) is 3.42. The molecule has 1 aliphatic heterocycles. The van der Waals surface area contributed by atoms with Crippen LogP contribution in [0.25, 0.3) is 5.82 Å². The summed E-state index contributed by atoms with van der Waals surface area (Å²) < 4.78 is 7.42. The van der Waals surface area contributed by atoms with Crippen molar-refractivity contribution in [1.29, 1.82) is 0 Å². The molecule has 0 N–H and O–H groups in total. The molecule has 0 bridgehead atoms. The van der Waals surface area contributed by atoms with Crippen molar-refractivity contribution in [3.8, 4) is 5.82 Å². The zero-order valence-electron chi connectivity index (χ0n) is 14.4. The van der Waals surface area contributed by atoms with Crippen molar-refractivity contribution in [2.24, 2.45) is 0 Å². The fourth-order valence-electron chi connectivity index (χ4n) is 2.65. The Hall–Kier alpha value is -2.63. The molecule has 0 aromatic carbocycles. The van der Waals surface area contributed by atoms with E-state index in [2.05, 4.69) is 9.97 Å². The van der Waals surface area contributed by atoms with Gasteiger partial charge >= 0.3 is 6.09 Å². The van der Waals surface area contributed by atoms with Crippen LogP contribution in [-0.2, 0) is 4.74 Å². The molecular formula is C18H22N4O2. The summed E-state index contributed by atoms with van der Waals surface area (Å²) in [5, 5.41) is 0. The van der Waals surface area contributed by atoms with Crippen molar-refractivity contribution >= 4 is 6.09 Å². The summed E-state index contributed by atoms with van der Waals surface area (Å²) in [7, 11) is 0. The van der Waals surface area contributed by atoms with Gasteiger partial charge in [0.25, 0.3) is 0 Å². The van der Waals surface area contributed by atoms with E-state index >= 15 is 0 Å². The number of carbonyl (C=O) groups is 1. The van der Waals surface area contributed by atoms with Crippen molar-refractivity contribution in [2.75, 3.05) is 6.54 Å². The van der Waals surface area contributed by atoms with E-state index in [9.17, 15) is 4.79 Å². The van der Waals surface area contributed by atoms with E-state index in [1.807, 2.05) is 68.8 Å². The number of aromatic nitrogens is 3. The van der Waals surface area contributed by atoms with Gasteiger partial charge in [0.1, 0.15) is 23.3 Å². The van der Waals surface area contributed by atoms with E-state index in [1.54, 1.807) is 11.1 Å². The van der Waals surface area contributed by atoms with Gasteiger partial charge in [0.15, 0.2) is 0 Å². The first kappa shape index (κ1) is 16.2. The monoisotopic (exact) mass is 326 g/mol. The normalized spacial score (nSPS) is 17.3. The molecule has 24 heavy (non-hydrogen) atoms. The van der Waals surface area contributed by atoms with Crippen LogP contribution in [0.1, 0.15) is 38.3 Å². The summed E-state index contributed by atoms with van der Waals surface area (Å²) in [5.74, 6) is 1.53. The molecule has 1 amide bonds. The topological polar surface area (TPSA) is 60.2 Å². The number of ether oxygens (including phenoxy) is 1. The number of amides is 1. The minimum Gasteiger partial charge on any atom is -0.444 e. The fraction of sp³-hybridized carbons (Fsp3) is 0.389. The van der Waals surface area contributed by atoms with Crippen LogP contribution in [0.4, 0.5) is 4.79 Å². The van der Waals surface area contributed by atoms with Crippen molar-refractivity contribution in [2.45, 2.75) is 39.3 Å². The van der Waals surface area contributed by atoms with Gasteiger partial charge in [0.2, 0.25) is 0 Å². The molecule has 2 aromatic heterocycles. The van der Waals surface area contributed by atoms with Crippen LogP contribution in [0.15, 0.2) is 42.7 Å². The summed E-state index contributed by atoms with van der Waals surface area (Å²) in [5.41, 5.74) is 0.399. The van der Waals surface area contributed by atoms with Crippen molar-refractivity contribution in [3.63, 3.8) is 0 Å². The first-order chi connectivity index (χ1) is 11.3. The third-order valence-corrected chi connectivity index (χ3v) is 3.64. The zero-order chi connectivity index (χ0) is 17.3. The highest BCUT2D eigenvalue weighted by Gasteiger charge is 2.32. The average Bonchev–Trinajstić information content (AvgIpc) is 3.14. The summed E-state index contributed by atoms with van der Waals surface area (Å²) >= 11 is 0. The maximum Gasteiger partial charge on any atom is 0.411 e. The van der Waals surface area contributed by atoms with Gasteiger partial charge in [0, 0.05) is 24.6 Å². The molecule has 0 radical (unpaired) electrons. The largest absolute Gasteiger partial charge is 0.444 e. The molecule has 3 rings (SSSR count). The first-order valence-corrected chi connectivity index (χ1v) is 7.99. The molecule has 1 atom stereocenters. The molecule has 0 saturated heterocycles. The van der Waals surface area contributed by atoms with E-state index in [-0.39, 0.29) is 12.1 Å². The van der Waals surface area contributed by atoms with Crippen LogP contribution in [0, 0.1) is 6.92 Å². The number of rotatable bonds is 2. The minimum absolute atomic E-state index is 0.267. The third-order valence-electron chi connectivity index (χ3n) is 3.64. The molecule has 3 heterocycles. The smallest absolute Gasteiger partial charge is 0.411 e. The Morgan fingerprint density at radius 3 is 2.83 bits per heavy atom. The first-order valence-electron chi connectivity index (χ1n) is 7.99. The number of hydrogen-bond acceptors (Lipinski definition) is 4. The van der Waals surface area contributed by atoms with Gasteiger partial charge in [-0.2, -0.15) is 0 Å². The maximum atomic E-state index is 12.5. The van der Waals surface area contributed by atoms with Gasteiger partial charge in [-0.1, -0.05) is 18.2 Å². The SMILES string of the molecule is Cc1cccc(-n2ccnc2[C@@H]2C=CCN2C(=O)OC(C)(C)C)n1. The summed E-state index contributed by atoms with van der Waals surface area (Å²) in [4.78, 5) is 23.1. The Kier molecular flexibility index (Phi) is 4.13. The number of carbonyl (C=O) groups excluding carboxylic acids is 1. The van der Waals surface area contributed by atoms with E-state index in [1.165, 1.54) is 0 Å². The molecular weight excluding hydrogens is 304 g/mol. The van der Waals surface area contributed by atoms with Gasteiger partial charge in [0.05, 0.1) is 0 Å². The Morgan fingerprint density at radius 1 is 1.33 bits per heavy atom. The van der Waals surface area contributed by atoms with Gasteiger partial charge in [-0.3, -0.25) is 9.47 Å². The Balaban J connectivity index is 1.90. The predicted molar refractivity (Wildman–Crippen MR) is 90.9 cm³/mol. The third kappa shape index (κ3) is 3.32. The molecule has 126 valence electrons. The van der Waals surface area contributed by atoms with Crippen LogP contribution in [0.5, 0.6) is 0 Å². The second-order valence-corrected chi connectivity index (χ2v) is 6.80. The molecule has 6 heteroatoms. The zero-order valence-corrected chi connectivity index (χ0v) is 14.4. The van der Waals surface area contributed by atoms with Crippen LogP contribution in [0.2, 0.25) is 0 Å². The molecule has 0 saturated carbocycles. The van der Waals surface area contributed by atoms with E-state index in [0.717, 1.165) is 17.3 Å².